The van der Waals surface area contributed by atoms with E-state index in [0.29, 0.717) is 6.04 Å². The molecular weight excluding hydrogens is 228 g/mol. The van der Waals surface area contributed by atoms with Gasteiger partial charge in [0, 0.05) is 38.1 Å². The molecule has 0 aromatic carbocycles. The number of amides is 2. The van der Waals surface area contributed by atoms with Crippen LogP contribution in [0.3, 0.4) is 0 Å². The van der Waals surface area contributed by atoms with Crippen LogP contribution in [0.15, 0.2) is 18.5 Å². The van der Waals surface area contributed by atoms with Gasteiger partial charge in [0.25, 0.3) is 0 Å². The first-order valence-electron chi connectivity index (χ1n) is 6.85. The summed E-state index contributed by atoms with van der Waals surface area (Å²) in [5.74, 6) is 0.768. The summed E-state index contributed by atoms with van der Waals surface area (Å²) in [5.41, 5.74) is 0. The molecule has 2 atom stereocenters. The number of carbonyl (C=O) groups is 1. The first-order chi connectivity index (χ1) is 8.83. The maximum absolute atomic E-state index is 12.0. The smallest absolute Gasteiger partial charge is 0.317 e. The van der Waals surface area contributed by atoms with Crippen LogP contribution in [-0.2, 0) is 6.54 Å². The molecule has 1 saturated heterocycles. The Morgan fingerprint density at radius 1 is 1.44 bits per heavy atom. The predicted octanol–water partition coefficient (Wildman–Crippen LogP) is 1.47. The summed E-state index contributed by atoms with van der Waals surface area (Å²) in [6, 6.07) is 2.56. The molecule has 1 N–H and O–H groups in total. The van der Waals surface area contributed by atoms with Gasteiger partial charge in [-0.15, -0.1) is 0 Å². The monoisotopic (exact) mass is 248 g/mol. The highest BCUT2D eigenvalue weighted by atomic mass is 16.2. The zero-order chi connectivity index (χ0) is 12.4. The molecule has 2 aliphatic rings. The summed E-state index contributed by atoms with van der Waals surface area (Å²) >= 11 is 0. The fraction of sp³-hybridized carbons (Fsp3) is 0.692. The molecule has 18 heavy (non-hydrogen) atoms. The molecule has 2 fully saturated rings. The number of aryl methyl sites for hydroxylation is 1. The Morgan fingerprint density at radius 3 is 3.06 bits per heavy atom. The third-order valence-corrected chi connectivity index (χ3v) is 4.07. The van der Waals surface area contributed by atoms with Crippen molar-refractivity contribution in [3.05, 3.63) is 18.5 Å². The second-order valence-electron chi connectivity index (χ2n) is 5.34. The molecule has 0 unspecified atom stereocenters. The summed E-state index contributed by atoms with van der Waals surface area (Å²) in [7, 11) is 0. The molecular formula is C13H20N4O. The number of nitrogens with one attached hydrogen (secondary N) is 1. The largest absolute Gasteiger partial charge is 0.338 e. The third kappa shape index (κ3) is 2.35. The summed E-state index contributed by atoms with van der Waals surface area (Å²) < 4.78 is 1.89. The lowest BCUT2D eigenvalue weighted by Crippen LogP contribution is -2.44. The van der Waals surface area contributed by atoms with Crippen LogP contribution >= 0.6 is 0 Å². The van der Waals surface area contributed by atoms with Crippen LogP contribution in [0, 0.1) is 5.92 Å². The minimum Gasteiger partial charge on any atom is -0.338 e. The van der Waals surface area contributed by atoms with Crippen molar-refractivity contribution in [2.24, 2.45) is 5.92 Å². The average molecular weight is 248 g/mol. The summed E-state index contributed by atoms with van der Waals surface area (Å²) in [6.45, 7) is 2.56. The maximum Gasteiger partial charge on any atom is 0.317 e. The molecule has 1 saturated carbocycles. The van der Waals surface area contributed by atoms with Crippen molar-refractivity contribution in [2.75, 3.05) is 13.1 Å². The van der Waals surface area contributed by atoms with Crippen molar-refractivity contribution in [1.29, 1.82) is 0 Å². The lowest BCUT2D eigenvalue weighted by Gasteiger charge is -2.27. The second kappa shape index (κ2) is 5.00. The Labute approximate surface area is 107 Å². The van der Waals surface area contributed by atoms with Crippen LogP contribution in [0.5, 0.6) is 0 Å². The predicted molar refractivity (Wildman–Crippen MR) is 68.1 cm³/mol. The standard InChI is InChI=1S/C13H20N4O/c18-13(17-10-11-3-4-12(17)9-11)14-5-1-7-16-8-2-6-15-16/h2,6,8,11-12H,1,3-5,7,9-10H2,(H,14,18)/t11-,12-/m0/s1. The Balaban J connectivity index is 1.37. The highest BCUT2D eigenvalue weighted by molar-refractivity contribution is 5.75. The topological polar surface area (TPSA) is 50.2 Å². The molecule has 1 aliphatic heterocycles. The van der Waals surface area contributed by atoms with Gasteiger partial charge in [-0.1, -0.05) is 0 Å². The van der Waals surface area contributed by atoms with E-state index in [2.05, 4.69) is 10.4 Å². The molecule has 3 rings (SSSR count). The number of hydrogen-bond donors (Lipinski definition) is 1. The van der Waals surface area contributed by atoms with Gasteiger partial charge < -0.3 is 10.2 Å². The number of aromatic nitrogens is 2. The molecule has 0 spiro atoms. The van der Waals surface area contributed by atoms with Gasteiger partial charge in [-0.05, 0) is 37.7 Å². The van der Waals surface area contributed by atoms with E-state index in [1.54, 1.807) is 6.20 Å². The van der Waals surface area contributed by atoms with Crippen LogP contribution in [0.25, 0.3) is 0 Å². The lowest BCUT2D eigenvalue weighted by atomic mass is 10.1. The van der Waals surface area contributed by atoms with Crippen molar-refractivity contribution >= 4 is 6.03 Å². The van der Waals surface area contributed by atoms with Crippen molar-refractivity contribution in [3.63, 3.8) is 0 Å². The van der Waals surface area contributed by atoms with E-state index in [4.69, 9.17) is 0 Å². The zero-order valence-electron chi connectivity index (χ0n) is 10.6. The Hall–Kier alpha value is -1.52. The van der Waals surface area contributed by atoms with Crippen LogP contribution in [0.4, 0.5) is 4.79 Å². The number of rotatable bonds is 4. The SMILES string of the molecule is O=C(NCCCn1cccn1)N1C[C@H]2CC[C@H]1C2. The van der Waals surface area contributed by atoms with Crippen LogP contribution in [0.1, 0.15) is 25.7 Å². The van der Waals surface area contributed by atoms with Crippen LogP contribution < -0.4 is 5.32 Å². The third-order valence-electron chi connectivity index (χ3n) is 4.07. The fourth-order valence-corrected chi connectivity index (χ4v) is 3.14. The summed E-state index contributed by atoms with van der Waals surface area (Å²) in [5, 5.41) is 7.15. The average Bonchev–Trinajstić information content (AvgIpc) is 3.10. The lowest BCUT2D eigenvalue weighted by molar-refractivity contribution is 0.180. The van der Waals surface area contributed by atoms with Gasteiger partial charge in [0.05, 0.1) is 0 Å². The molecule has 2 bridgehead atoms. The Kier molecular flexibility index (Phi) is 3.21. The number of urea groups is 1. The van der Waals surface area contributed by atoms with Crippen LogP contribution in [0.2, 0.25) is 0 Å². The number of piperidine rings is 1. The zero-order valence-corrected chi connectivity index (χ0v) is 10.6. The fourth-order valence-electron chi connectivity index (χ4n) is 3.14. The molecule has 98 valence electrons. The second-order valence-corrected chi connectivity index (χ2v) is 5.34. The van der Waals surface area contributed by atoms with Gasteiger partial charge in [-0.3, -0.25) is 4.68 Å². The van der Waals surface area contributed by atoms with Gasteiger partial charge in [0.1, 0.15) is 0 Å². The number of nitrogens with zero attached hydrogens (tertiary/aromatic N) is 3. The van der Waals surface area contributed by atoms with E-state index < -0.39 is 0 Å². The number of carbonyl (C=O) groups excluding carboxylic acids is 1. The van der Waals surface area contributed by atoms with Crippen molar-refractivity contribution in [2.45, 2.75) is 38.3 Å². The number of fused-ring (bicyclic) bond motifs is 2. The Bertz CT molecular complexity index is 403. The van der Waals surface area contributed by atoms with Gasteiger partial charge in [-0.2, -0.15) is 5.10 Å². The highest BCUT2D eigenvalue weighted by Crippen LogP contribution is 2.37. The molecule has 5 nitrogen and oxygen atoms in total. The van der Waals surface area contributed by atoms with E-state index >= 15 is 0 Å². The van der Waals surface area contributed by atoms with E-state index in [1.165, 1.54) is 19.3 Å². The van der Waals surface area contributed by atoms with Gasteiger partial charge in [-0.25, -0.2) is 4.79 Å². The molecule has 1 aromatic rings. The molecule has 0 radical (unpaired) electrons. The maximum atomic E-state index is 12.0. The molecule has 2 amide bonds. The summed E-state index contributed by atoms with van der Waals surface area (Å²) in [6.07, 6.45) is 8.38. The van der Waals surface area contributed by atoms with Crippen molar-refractivity contribution < 1.29 is 4.79 Å². The van der Waals surface area contributed by atoms with Crippen LogP contribution in [-0.4, -0.2) is 39.8 Å². The molecule has 2 heterocycles. The number of likely N-dealkylation sites (tertiary alicyclic amines) is 1. The van der Waals surface area contributed by atoms with Crippen molar-refractivity contribution in [1.82, 2.24) is 20.0 Å². The Morgan fingerprint density at radius 2 is 2.39 bits per heavy atom. The number of hydrogen-bond acceptors (Lipinski definition) is 2. The summed E-state index contributed by atoms with van der Waals surface area (Å²) in [4.78, 5) is 14.0. The highest BCUT2D eigenvalue weighted by Gasteiger charge is 2.39. The van der Waals surface area contributed by atoms with E-state index in [9.17, 15) is 4.79 Å². The molecule has 1 aromatic heterocycles. The van der Waals surface area contributed by atoms with Crippen molar-refractivity contribution in [3.8, 4) is 0 Å². The molecule has 1 aliphatic carbocycles. The van der Waals surface area contributed by atoms with Gasteiger partial charge in [0.2, 0.25) is 0 Å². The van der Waals surface area contributed by atoms with E-state index in [-0.39, 0.29) is 6.03 Å². The van der Waals surface area contributed by atoms with Gasteiger partial charge >= 0.3 is 6.03 Å². The first-order valence-corrected chi connectivity index (χ1v) is 6.85. The van der Waals surface area contributed by atoms with Gasteiger partial charge in [0.15, 0.2) is 0 Å². The van der Waals surface area contributed by atoms with E-state index in [0.717, 1.165) is 32.0 Å². The molecule has 5 heteroatoms. The first kappa shape index (κ1) is 11.6. The normalized spacial score (nSPS) is 25.7. The minimum absolute atomic E-state index is 0.127. The minimum atomic E-state index is 0.127. The van der Waals surface area contributed by atoms with E-state index in [1.807, 2.05) is 21.8 Å². The quantitative estimate of drug-likeness (QED) is 0.820.